The van der Waals surface area contributed by atoms with E-state index in [0.717, 1.165) is 24.2 Å². The molecule has 0 aliphatic heterocycles. The van der Waals surface area contributed by atoms with Gasteiger partial charge in [-0.25, -0.2) is 0 Å². The van der Waals surface area contributed by atoms with E-state index in [4.69, 9.17) is 0 Å². The molecule has 18 heavy (non-hydrogen) atoms. The highest BCUT2D eigenvalue weighted by Gasteiger charge is 2.39. The van der Waals surface area contributed by atoms with Gasteiger partial charge >= 0.3 is 0 Å². The van der Waals surface area contributed by atoms with Gasteiger partial charge < -0.3 is 11.5 Å². The van der Waals surface area contributed by atoms with Crippen LogP contribution in [-0.4, -0.2) is 29.2 Å². The Balaban J connectivity index is 4.59. The first-order chi connectivity index (χ1) is 8.19. The highest BCUT2D eigenvalue weighted by Crippen LogP contribution is 2.43. The van der Waals surface area contributed by atoms with Crippen molar-refractivity contribution in [2.24, 2.45) is 0 Å². The van der Waals surface area contributed by atoms with E-state index in [1.165, 1.54) is 24.9 Å². The second kappa shape index (κ2) is 7.83. The summed E-state index contributed by atoms with van der Waals surface area (Å²) in [6, 6.07) is 2.92. The van der Waals surface area contributed by atoms with Crippen molar-refractivity contribution in [3.8, 4) is 0 Å². The van der Waals surface area contributed by atoms with Crippen molar-refractivity contribution in [3.63, 3.8) is 0 Å². The van der Waals surface area contributed by atoms with Crippen LogP contribution in [0.15, 0.2) is 0 Å². The lowest BCUT2D eigenvalue weighted by molar-refractivity contribution is -0.367. The normalized spacial score (nSPS) is 16.7. The third kappa shape index (κ3) is 5.55. The van der Waals surface area contributed by atoms with Gasteiger partial charge in [0.1, 0.15) is 0 Å². The Morgan fingerprint density at radius 1 is 0.722 bits per heavy atom. The number of rotatable bonds is 9. The van der Waals surface area contributed by atoms with E-state index in [1.807, 2.05) is 0 Å². The summed E-state index contributed by atoms with van der Waals surface area (Å²) in [6.45, 7) is 17.7. The highest BCUT2D eigenvalue weighted by atomic mass is 28.3. The van der Waals surface area contributed by atoms with Gasteiger partial charge in [0.05, 0.1) is 29.2 Å². The first kappa shape index (κ1) is 18.4. The molecule has 4 heteroatoms. The molecule has 0 aromatic rings. The molecule has 0 aliphatic rings. The Hall–Kier alpha value is 0.354. The Kier molecular flexibility index (Phi) is 7.98. The third-order valence-electron chi connectivity index (χ3n) is 5.36. The van der Waals surface area contributed by atoms with Gasteiger partial charge in [0, 0.05) is 0 Å². The van der Waals surface area contributed by atoms with Crippen molar-refractivity contribution >= 4 is 16.1 Å². The molecule has 2 atom stereocenters. The molecule has 2 unspecified atom stereocenters. The van der Waals surface area contributed by atoms with Gasteiger partial charge in [-0.1, -0.05) is 52.1 Å². The first-order valence-corrected chi connectivity index (χ1v) is 14.3. The van der Waals surface area contributed by atoms with E-state index in [9.17, 15) is 0 Å². The minimum Gasteiger partial charge on any atom is -0.358 e. The largest absolute Gasteiger partial charge is 0.358 e. The summed E-state index contributed by atoms with van der Waals surface area (Å²) < 4.78 is 0. The maximum absolute atomic E-state index is 4.01. The summed E-state index contributed by atoms with van der Waals surface area (Å²) in [7, 11) is -2.12. The summed E-state index contributed by atoms with van der Waals surface area (Å²) in [5.41, 5.74) is 9.92. The van der Waals surface area contributed by atoms with Crippen LogP contribution in [0.25, 0.3) is 0 Å². The SMILES string of the molecule is CC(C(C)[Si](C)(C)CCC[NH3+])[Si](C)(C)CCC[NH3+]. The van der Waals surface area contributed by atoms with E-state index in [2.05, 4.69) is 51.5 Å². The van der Waals surface area contributed by atoms with Gasteiger partial charge in [0.25, 0.3) is 0 Å². The monoisotopic (exact) mass is 290 g/mol. The average molecular weight is 291 g/mol. The molecule has 6 N–H and O–H groups in total. The van der Waals surface area contributed by atoms with Gasteiger partial charge in [-0.2, -0.15) is 0 Å². The minimum atomic E-state index is -1.06. The molecule has 0 rings (SSSR count). The fourth-order valence-corrected chi connectivity index (χ4v) is 11.6. The Morgan fingerprint density at radius 2 is 1.00 bits per heavy atom. The summed E-state index contributed by atoms with van der Waals surface area (Å²) in [4.78, 5) is 0. The second-order valence-corrected chi connectivity index (χ2v) is 18.2. The quantitative estimate of drug-likeness (QED) is 0.613. The van der Waals surface area contributed by atoms with Crippen LogP contribution in [0.4, 0.5) is 0 Å². The molecule has 0 saturated heterocycles. The van der Waals surface area contributed by atoms with Crippen LogP contribution in [0, 0.1) is 0 Å². The Labute approximate surface area is 117 Å². The lowest BCUT2D eigenvalue weighted by atomic mass is 10.3. The molecule has 0 saturated carbocycles. The fraction of sp³-hybridized carbons (Fsp3) is 1.00. The van der Waals surface area contributed by atoms with Crippen LogP contribution in [0.3, 0.4) is 0 Å². The second-order valence-electron chi connectivity index (χ2n) is 7.47. The van der Waals surface area contributed by atoms with Crippen LogP contribution in [0.2, 0.25) is 49.4 Å². The topological polar surface area (TPSA) is 55.3 Å². The summed E-state index contributed by atoms with van der Waals surface area (Å²) in [5, 5.41) is 0. The first-order valence-electron chi connectivity index (χ1n) is 7.77. The molecule has 0 aromatic carbocycles. The Bertz CT molecular complexity index is 206. The van der Waals surface area contributed by atoms with Crippen LogP contribution < -0.4 is 11.5 Å². The van der Waals surface area contributed by atoms with Gasteiger partial charge in [0.2, 0.25) is 0 Å². The fourth-order valence-electron chi connectivity index (χ4n) is 2.97. The lowest BCUT2D eigenvalue weighted by Gasteiger charge is -2.41. The number of quaternary nitrogens is 2. The molecule has 0 spiro atoms. The van der Waals surface area contributed by atoms with Crippen molar-refractivity contribution in [2.75, 3.05) is 13.1 Å². The van der Waals surface area contributed by atoms with Crippen LogP contribution in [-0.2, 0) is 0 Å². The average Bonchev–Trinajstić information content (AvgIpc) is 2.32. The maximum atomic E-state index is 4.01. The van der Waals surface area contributed by atoms with Gasteiger partial charge in [-0.05, 0) is 23.9 Å². The van der Waals surface area contributed by atoms with Crippen molar-refractivity contribution in [1.82, 2.24) is 0 Å². The molecule has 0 bridgehead atoms. The van der Waals surface area contributed by atoms with E-state index in [-0.39, 0.29) is 0 Å². The Morgan fingerprint density at radius 3 is 1.22 bits per heavy atom. The zero-order valence-corrected chi connectivity index (χ0v) is 15.8. The predicted molar refractivity (Wildman–Crippen MR) is 88.2 cm³/mol. The molecule has 2 nitrogen and oxygen atoms in total. The zero-order chi connectivity index (χ0) is 14.4. The maximum Gasteiger partial charge on any atom is 0.0737 e. The molecule has 0 amide bonds. The van der Waals surface area contributed by atoms with E-state index < -0.39 is 16.1 Å². The molecular formula is C14H38N2Si2+2. The van der Waals surface area contributed by atoms with E-state index in [1.54, 1.807) is 0 Å². The van der Waals surface area contributed by atoms with Crippen LogP contribution in [0.1, 0.15) is 26.7 Å². The van der Waals surface area contributed by atoms with Crippen molar-refractivity contribution in [3.05, 3.63) is 0 Å². The molecule has 0 aromatic heterocycles. The van der Waals surface area contributed by atoms with E-state index in [0.29, 0.717) is 0 Å². The minimum absolute atomic E-state index is 0.954. The molecule has 110 valence electrons. The van der Waals surface area contributed by atoms with E-state index >= 15 is 0 Å². The highest BCUT2D eigenvalue weighted by molar-refractivity contribution is 6.84. The van der Waals surface area contributed by atoms with Crippen LogP contribution >= 0.6 is 0 Å². The van der Waals surface area contributed by atoms with Crippen molar-refractivity contribution < 1.29 is 11.5 Å². The zero-order valence-electron chi connectivity index (χ0n) is 13.8. The van der Waals surface area contributed by atoms with Gasteiger partial charge in [0.15, 0.2) is 0 Å². The molecule has 0 radical (unpaired) electrons. The van der Waals surface area contributed by atoms with Crippen LogP contribution in [0.5, 0.6) is 0 Å². The van der Waals surface area contributed by atoms with Crippen molar-refractivity contribution in [1.29, 1.82) is 0 Å². The molecule has 0 aliphatic carbocycles. The smallest absolute Gasteiger partial charge is 0.0737 e. The lowest BCUT2D eigenvalue weighted by Crippen LogP contribution is -2.51. The summed E-state index contributed by atoms with van der Waals surface area (Å²) in [6.07, 6.45) is 2.66. The van der Waals surface area contributed by atoms with Gasteiger partial charge in [-0.3, -0.25) is 0 Å². The third-order valence-corrected chi connectivity index (χ3v) is 14.9. The summed E-state index contributed by atoms with van der Waals surface area (Å²) in [5.74, 6) is 0. The standard InChI is InChI=1S/C14H36N2Si2/c1-13(17(3,4)11-7-9-15)14(2)18(5,6)12-8-10-16/h13-14H,7-12,15-16H2,1-6H3/p+2. The molecule has 0 heterocycles. The van der Waals surface area contributed by atoms with Crippen molar-refractivity contribution in [2.45, 2.75) is 76.0 Å². The predicted octanol–water partition coefficient (Wildman–Crippen LogP) is 2.45. The van der Waals surface area contributed by atoms with Gasteiger partial charge in [-0.15, -0.1) is 0 Å². The number of hydrogen-bond donors (Lipinski definition) is 2. The molecule has 0 fully saturated rings. The number of hydrogen-bond acceptors (Lipinski definition) is 0. The molecular weight excluding hydrogens is 252 g/mol. The summed E-state index contributed by atoms with van der Waals surface area (Å²) >= 11 is 0.